The molecule has 0 aliphatic rings. The highest BCUT2D eigenvalue weighted by atomic mass is 19.1. The van der Waals surface area contributed by atoms with Crippen molar-refractivity contribution in [3.63, 3.8) is 0 Å². The number of fused-ring (bicyclic) bond motifs is 2. The summed E-state index contributed by atoms with van der Waals surface area (Å²) < 4.78 is 28.2. The number of halogens is 2. The van der Waals surface area contributed by atoms with Crippen molar-refractivity contribution >= 4 is 21.5 Å². The summed E-state index contributed by atoms with van der Waals surface area (Å²) in [5.74, 6) is 6.51. The molecule has 0 spiro atoms. The Balaban J connectivity index is 1.73. The minimum Gasteiger partial charge on any atom is -0.207 e. The highest BCUT2D eigenvalue weighted by Gasteiger charge is 2.23. The van der Waals surface area contributed by atoms with Crippen LogP contribution in [0.3, 0.4) is 0 Å². The molecule has 0 unspecified atom stereocenters. The predicted octanol–water partition coefficient (Wildman–Crippen LogP) is 12.4. The van der Waals surface area contributed by atoms with Gasteiger partial charge in [-0.2, -0.15) is 0 Å². The van der Waals surface area contributed by atoms with Crippen LogP contribution in [0, 0.1) is 23.5 Å². The Bertz CT molecular complexity index is 2010. The number of unbranched alkanes of at least 4 members (excludes halogenated alkanes) is 3. The van der Waals surface area contributed by atoms with Crippen molar-refractivity contribution in [3.05, 3.63) is 132 Å². The average molecular weight is 593 g/mol. The zero-order chi connectivity index (χ0) is 31.2. The molecule has 0 aliphatic carbocycles. The van der Waals surface area contributed by atoms with Crippen LogP contribution in [-0.2, 0) is 12.8 Å². The van der Waals surface area contributed by atoms with Crippen LogP contribution in [0.4, 0.5) is 8.78 Å². The highest BCUT2D eigenvalue weighted by Crippen LogP contribution is 2.46. The van der Waals surface area contributed by atoms with Crippen LogP contribution >= 0.6 is 0 Å². The summed E-state index contributed by atoms with van der Waals surface area (Å²) in [6.07, 6.45) is 6.74. The lowest BCUT2D eigenvalue weighted by Crippen LogP contribution is -2.02. The fourth-order valence-electron chi connectivity index (χ4n) is 6.52. The van der Waals surface area contributed by atoms with Crippen LogP contribution in [-0.4, -0.2) is 0 Å². The molecular formula is C43H38F2. The molecule has 224 valence electrons. The first-order chi connectivity index (χ1) is 22.1. The highest BCUT2D eigenvalue weighted by molar-refractivity contribution is 6.12. The lowest BCUT2D eigenvalue weighted by molar-refractivity contribution is 0.627. The second-order valence-corrected chi connectivity index (χ2v) is 11.7. The van der Waals surface area contributed by atoms with Gasteiger partial charge in [-0.1, -0.05) is 112 Å². The molecule has 6 rings (SSSR count). The molecule has 0 heterocycles. The quantitative estimate of drug-likeness (QED) is 0.116. The van der Waals surface area contributed by atoms with E-state index in [9.17, 15) is 8.78 Å². The van der Waals surface area contributed by atoms with E-state index in [-0.39, 0.29) is 11.6 Å². The molecule has 0 N–H and O–H groups in total. The summed E-state index contributed by atoms with van der Waals surface area (Å²) in [6.45, 7) is 4.42. The van der Waals surface area contributed by atoms with E-state index >= 15 is 0 Å². The summed E-state index contributed by atoms with van der Waals surface area (Å²) >= 11 is 0. The van der Waals surface area contributed by atoms with Crippen LogP contribution in [0.1, 0.15) is 57.1 Å². The lowest BCUT2D eigenvalue weighted by Gasteiger charge is -2.24. The maximum absolute atomic E-state index is 14.1. The van der Waals surface area contributed by atoms with E-state index < -0.39 is 0 Å². The lowest BCUT2D eigenvalue weighted by atomic mass is 9.79. The molecule has 45 heavy (non-hydrogen) atoms. The van der Waals surface area contributed by atoms with Crippen LogP contribution in [0.2, 0.25) is 0 Å². The summed E-state index contributed by atoms with van der Waals surface area (Å²) in [4.78, 5) is 0. The van der Waals surface area contributed by atoms with Gasteiger partial charge in [-0.15, -0.1) is 5.92 Å². The fourth-order valence-corrected chi connectivity index (χ4v) is 6.52. The van der Waals surface area contributed by atoms with E-state index in [1.54, 1.807) is 12.1 Å². The van der Waals surface area contributed by atoms with Crippen molar-refractivity contribution in [2.75, 3.05) is 0 Å². The van der Waals surface area contributed by atoms with E-state index in [0.717, 1.165) is 64.3 Å². The second-order valence-electron chi connectivity index (χ2n) is 11.7. The van der Waals surface area contributed by atoms with Gasteiger partial charge >= 0.3 is 0 Å². The van der Waals surface area contributed by atoms with Crippen LogP contribution in [0.5, 0.6) is 0 Å². The third kappa shape index (κ3) is 6.40. The Morgan fingerprint density at radius 1 is 0.533 bits per heavy atom. The van der Waals surface area contributed by atoms with Gasteiger partial charge in [0.15, 0.2) is 0 Å². The minimum atomic E-state index is -0.250. The van der Waals surface area contributed by atoms with Crippen molar-refractivity contribution in [2.24, 2.45) is 0 Å². The van der Waals surface area contributed by atoms with E-state index in [4.69, 9.17) is 0 Å². The summed E-state index contributed by atoms with van der Waals surface area (Å²) in [5.41, 5.74) is 8.97. The van der Waals surface area contributed by atoms with Gasteiger partial charge in [-0.3, -0.25) is 0 Å². The molecule has 0 fully saturated rings. The number of benzene rings is 6. The molecule has 6 aromatic rings. The summed E-state index contributed by atoms with van der Waals surface area (Å²) in [6, 6.07) is 35.3. The molecule has 0 saturated heterocycles. The SMILES string of the molecule is CCCCCC#CCc1c(-c2ccc(F)cc2)cc2ccccc2c1-c1c(CCC)c(-c2ccc(F)cc2)cc2ccccc12. The Morgan fingerprint density at radius 3 is 1.58 bits per heavy atom. The fraction of sp³-hybridized carbons (Fsp3) is 0.209. The van der Waals surface area contributed by atoms with E-state index in [1.807, 2.05) is 24.3 Å². The van der Waals surface area contributed by atoms with Crippen LogP contribution in [0.25, 0.3) is 54.9 Å². The first kappa shape index (κ1) is 30.3. The Labute approximate surface area is 265 Å². The monoisotopic (exact) mass is 592 g/mol. The van der Waals surface area contributed by atoms with Crippen molar-refractivity contribution in [1.29, 1.82) is 0 Å². The molecule has 0 bridgehead atoms. The van der Waals surface area contributed by atoms with Gasteiger partial charge in [0, 0.05) is 12.8 Å². The third-order valence-electron chi connectivity index (χ3n) is 8.67. The van der Waals surface area contributed by atoms with Crippen LogP contribution in [0.15, 0.2) is 109 Å². The van der Waals surface area contributed by atoms with E-state index in [1.165, 1.54) is 52.4 Å². The third-order valence-corrected chi connectivity index (χ3v) is 8.67. The molecule has 0 saturated carbocycles. The van der Waals surface area contributed by atoms with Crippen molar-refractivity contribution in [3.8, 4) is 45.2 Å². The average Bonchev–Trinajstić information content (AvgIpc) is 3.07. The first-order valence-electron chi connectivity index (χ1n) is 16.2. The van der Waals surface area contributed by atoms with Gasteiger partial charge in [0.05, 0.1) is 0 Å². The first-order valence-corrected chi connectivity index (χ1v) is 16.2. The van der Waals surface area contributed by atoms with Gasteiger partial charge in [-0.25, -0.2) is 8.78 Å². The largest absolute Gasteiger partial charge is 0.207 e. The van der Waals surface area contributed by atoms with Crippen LogP contribution < -0.4 is 0 Å². The van der Waals surface area contributed by atoms with Gasteiger partial charge in [0.25, 0.3) is 0 Å². The number of rotatable bonds is 9. The van der Waals surface area contributed by atoms with Crippen molar-refractivity contribution in [2.45, 2.75) is 58.8 Å². The molecule has 2 heteroatoms. The maximum Gasteiger partial charge on any atom is 0.123 e. The molecule has 0 aromatic heterocycles. The molecule has 0 aliphatic heterocycles. The maximum atomic E-state index is 14.1. The molecule has 0 radical (unpaired) electrons. The second kappa shape index (κ2) is 13.9. The van der Waals surface area contributed by atoms with E-state index in [0.29, 0.717) is 6.42 Å². The zero-order valence-corrected chi connectivity index (χ0v) is 26.1. The normalized spacial score (nSPS) is 11.1. The van der Waals surface area contributed by atoms with E-state index in [2.05, 4.69) is 86.4 Å². The Kier molecular flexibility index (Phi) is 9.37. The van der Waals surface area contributed by atoms with Crippen molar-refractivity contribution < 1.29 is 8.78 Å². The molecule has 0 atom stereocenters. The number of hydrogen-bond acceptors (Lipinski definition) is 0. The molecule has 0 amide bonds. The van der Waals surface area contributed by atoms with Gasteiger partial charge in [-0.05, 0) is 115 Å². The zero-order valence-electron chi connectivity index (χ0n) is 26.1. The van der Waals surface area contributed by atoms with Gasteiger partial charge < -0.3 is 0 Å². The summed E-state index contributed by atoms with van der Waals surface area (Å²) in [5, 5.41) is 4.63. The Hall–Kier alpha value is -4.74. The minimum absolute atomic E-state index is 0.241. The van der Waals surface area contributed by atoms with Crippen molar-refractivity contribution in [1.82, 2.24) is 0 Å². The molecule has 0 nitrogen and oxygen atoms in total. The Morgan fingerprint density at radius 2 is 1.04 bits per heavy atom. The van der Waals surface area contributed by atoms with Gasteiger partial charge in [0.1, 0.15) is 11.6 Å². The van der Waals surface area contributed by atoms with Gasteiger partial charge in [0.2, 0.25) is 0 Å². The molecular weight excluding hydrogens is 554 g/mol. The summed E-state index contributed by atoms with van der Waals surface area (Å²) in [7, 11) is 0. The standard InChI is InChI=1S/C43H38F2/c1-3-5-6-7-8-9-19-39-41(31-22-26-35(45)27-23-31)29-33-16-11-13-18-37(33)43(39)42-36-17-12-10-15-32(36)28-40(38(42)14-4-2)30-20-24-34(44)25-21-30/h10-13,15-18,20-29H,3-7,14,19H2,1-2H3. The topological polar surface area (TPSA) is 0 Å². The smallest absolute Gasteiger partial charge is 0.123 e. The predicted molar refractivity (Wildman–Crippen MR) is 187 cm³/mol. The molecule has 6 aromatic carbocycles. The number of hydrogen-bond donors (Lipinski definition) is 0.